The Morgan fingerprint density at radius 1 is 0.857 bits per heavy atom. The maximum absolute atomic E-state index is 11.8. The van der Waals surface area contributed by atoms with E-state index in [9.17, 15) is 9.59 Å². The number of nitrogens with one attached hydrogen (secondary N) is 2. The van der Waals surface area contributed by atoms with E-state index in [-0.39, 0.29) is 0 Å². The van der Waals surface area contributed by atoms with Crippen LogP contribution in [0.4, 0.5) is 11.4 Å². The van der Waals surface area contributed by atoms with Crippen LogP contribution in [-0.2, 0) is 9.59 Å². The fourth-order valence-corrected chi connectivity index (χ4v) is 2.14. The Balaban J connectivity index is 2.00. The molecular formula is C15H12Br2N2O2. The van der Waals surface area contributed by atoms with Crippen molar-refractivity contribution in [1.82, 2.24) is 0 Å². The van der Waals surface area contributed by atoms with Gasteiger partial charge in [-0.15, -0.1) is 0 Å². The van der Waals surface area contributed by atoms with Crippen LogP contribution in [0.1, 0.15) is 5.56 Å². The predicted molar refractivity (Wildman–Crippen MR) is 90.3 cm³/mol. The van der Waals surface area contributed by atoms with Crippen molar-refractivity contribution in [3.63, 3.8) is 0 Å². The number of rotatable bonds is 2. The Hall–Kier alpha value is -1.66. The summed E-state index contributed by atoms with van der Waals surface area (Å²) in [6.07, 6.45) is 0. The molecule has 2 rings (SSSR count). The van der Waals surface area contributed by atoms with Crippen molar-refractivity contribution in [2.75, 3.05) is 10.6 Å². The topological polar surface area (TPSA) is 58.2 Å². The number of amides is 2. The second-order valence-electron chi connectivity index (χ2n) is 4.38. The summed E-state index contributed by atoms with van der Waals surface area (Å²) < 4.78 is 1.84. The van der Waals surface area contributed by atoms with E-state index >= 15 is 0 Å². The van der Waals surface area contributed by atoms with Gasteiger partial charge < -0.3 is 10.6 Å². The molecule has 6 heteroatoms. The lowest BCUT2D eigenvalue weighted by molar-refractivity contribution is -0.132. The number of halogens is 2. The molecule has 0 aromatic heterocycles. The summed E-state index contributed by atoms with van der Waals surface area (Å²) in [5.74, 6) is -1.42. The van der Waals surface area contributed by atoms with Crippen molar-refractivity contribution in [2.24, 2.45) is 0 Å². The van der Waals surface area contributed by atoms with Gasteiger partial charge in [0, 0.05) is 20.3 Å². The van der Waals surface area contributed by atoms with Gasteiger partial charge >= 0.3 is 11.8 Å². The van der Waals surface area contributed by atoms with Gasteiger partial charge in [-0.2, -0.15) is 0 Å². The summed E-state index contributed by atoms with van der Waals surface area (Å²) in [7, 11) is 0. The van der Waals surface area contributed by atoms with E-state index in [1.54, 1.807) is 36.4 Å². The van der Waals surface area contributed by atoms with Gasteiger partial charge in [-0.25, -0.2) is 0 Å². The fraction of sp³-hybridized carbons (Fsp3) is 0.0667. The lowest BCUT2D eigenvalue weighted by Crippen LogP contribution is -2.29. The van der Waals surface area contributed by atoms with E-state index in [2.05, 4.69) is 42.5 Å². The number of aryl methyl sites for hydroxylation is 1. The highest BCUT2D eigenvalue weighted by molar-refractivity contribution is 9.10. The number of carbonyl (C=O) groups is 2. The minimum absolute atomic E-state index is 0.560. The molecule has 0 fully saturated rings. The monoisotopic (exact) mass is 410 g/mol. The quantitative estimate of drug-likeness (QED) is 0.731. The van der Waals surface area contributed by atoms with Crippen molar-refractivity contribution in [2.45, 2.75) is 6.92 Å². The highest BCUT2D eigenvalue weighted by Gasteiger charge is 2.14. The van der Waals surface area contributed by atoms with Crippen LogP contribution < -0.4 is 10.6 Å². The molecule has 2 amide bonds. The lowest BCUT2D eigenvalue weighted by atomic mass is 10.2. The summed E-state index contributed by atoms with van der Waals surface area (Å²) >= 11 is 6.68. The third kappa shape index (κ3) is 4.41. The zero-order valence-corrected chi connectivity index (χ0v) is 14.3. The Morgan fingerprint density at radius 3 is 1.95 bits per heavy atom. The molecule has 0 aliphatic heterocycles. The summed E-state index contributed by atoms with van der Waals surface area (Å²) in [6.45, 7) is 1.90. The standard InChI is InChI=1S/C15H12Br2N2O2/c1-9-8-12(6-7-13(9)17)19-15(21)14(20)18-11-4-2-10(16)3-5-11/h2-8H,1H3,(H,18,20)(H,19,21). The van der Waals surface area contributed by atoms with E-state index in [0.717, 1.165) is 14.5 Å². The van der Waals surface area contributed by atoms with Crippen LogP contribution >= 0.6 is 31.9 Å². The molecule has 2 aromatic carbocycles. The van der Waals surface area contributed by atoms with E-state index in [1.807, 2.05) is 13.0 Å². The van der Waals surface area contributed by atoms with Gasteiger partial charge in [0.05, 0.1) is 0 Å². The number of anilines is 2. The van der Waals surface area contributed by atoms with Gasteiger partial charge in [0.15, 0.2) is 0 Å². The summed E-state index contributed by atoms with van der Waals surface area (Å²) in [5, 5.41) is 5.09. The Bertz CT molecular complexity index is 685. The SMILES string of the molecule is Cc1cc(NC(=O)C(=O)Nc2ccc(Br)cc2)ccc1Br. The highest BCUT2D eigenvalue weighted by atomic mass is 79.9. The van der Waals surface area contributed by atoms with Crippen LogP contribution in [0.5, 0.6) is 0 Å². The van der Waals surface area contributed by atoms with Crippen LogP contribution in [0.3, 0.4) is 0 Å². The molecule has 0 aliphatic rings. The first-order valence-electron chi connectivity index (χ1n) is 6.10. The predicted octanol–water partition coefficient (Wildman–Crippen LogP) is 4.10. The van der Waals surface area contributed by atoms with Crippen LogP contribution in [0.15, 0.2) is 51.4 Å². The molecule has 108 valence electrons. The lowest BCUT2D eigenvalue weighted by Gasteiger charge is -2.08. The zero-order valence-electron chi connectivity index (χ0n) is 11.1. The van der Waals surface area contributed by atoms with E-state index in [4.69, 9.17) is 0 Å². The summed E-state index contributed by atoms with van der Waals surface area (Å²) in [6, 6.07) is 12.3. The average molecular weight is 412 g/mol. The third-order valence-electron chi connectivity index (χ3n) is 2.72. The van der Waals surface area contributed by atoms with Crippen molar-refractivity contribution in [3.8, 4) is 0 Å². The van der Waals surface area contributed by atoms with Gasteiger partial charge in [-0.3, -0.25) is 9.59 Å². The van der Waals surface area contributed by atoms with Gasteiger partial charge in [-0.05, 0) is 55.0 Å². The first kappa shape index (κ1) is 15.7. The molecule has 0 atom stereocenters. The van der Waals surface area contributed by atoms with Gasteiger partial charge in [-0.1, -0.05) is 31.9 Å². The van der Waals surface area contributed by atoms with Gasteiger partial charge in [0.25, 0.3) is 0 Å². The van der Waals surface area contributed by atoms with Crippen LogP contribution in [0.25, 0.3) is 0 Å². The number of carbonyl (C=O) groups excluding carboxylic acids is 2. The largest absolute Gasteiger partial charge is 0.318 e. The molecule has 0 saturated carbocycles. The van der Waals surface area contributed by atoms with E-state index < -0.39 is 11.8 Å². The molecule has 0 spiro atoms. The molecule has 0 radical (unpaired) electrons. The zero-order chi connectivity index (χ0) is 15.4. The Labute approximate surface area is 139 Å². The summed E-state index contributed by atoms with van der Waals surface area (Å²) in [4.78, 5) is 23.6. The van der Waals surface area contributed by atoms with Crippen LogP contribution in [0, 0.1) is 6.92 Å². The second-order valence-corrected chi connectivity index (χ2v) is 6.15. The van der Waals surface area contributed by atoms with Crippen molar-refractivity contribution >= 4 is 55.0 Å². The minimum Gasteiger partial charge on any atom is -0.318 e. The maximum atomic E-state index is 11.8. The molecule has 21 heavy (non-hydrogen) atoms. The number of hydrogen-bond donors (Lipinski definition) is 2. The minimum atomic E-state index is -0.710. The van der Waals surface area contributed by atoms with Gasteiger partial charge in [0.2, 0.25) is 0 Å². The Morgan fingerprint density at radius 2 is 1.38 bits per heavy atom. The first-order chi connectivity index (χ1) is 9.95. The average Bonchev–Trinajstić information content (AvgIpc) is 2.45. The Kier molecular flexibility index (Phi) is 5.14. The molecule has 2 aromatic rings. The fourth-order valence-electron chi connectivity index (χ4n) is 1.63. The van der Waals surface area contributed by atoms with Crippen molar-refractivity contribution < 1.29 is 9.59 Å². The molecule has 0 aliphatic carbocycles. The first-order valence-corrected chi connectivity index (χ1v) is 7.68. The number of hydrogen-bond acceptors (Lipinski definition) is 2. The molecule has 0 heterocycles. The van der Waals surface area contributed by atoms with Crippen LogP contribution in [-0.4, -0.2) is 11.8 Å². The molecule has 0 unspecified atom stereocenters. The molecule has 0 saturated heterocycles. The molecule has 2 N–H and O–H groups in total. The normalized spacial score (nSPS) is 10.0. The maximum Gasteiger partial charge on any atom is 0.314 e. The number of benzene rings is 2. The van der Waals surface area contributed by atoms with Gasteiger partial charge in [0.1, 0.15) is 0 Å². The molecule has 4 nitrogen and oxygen atoms in total. The third-order valence-corrected chi connectivity index (χ3v) is 4.14. The van der Waals surface area contributed by atoms with Crippen molar-refractivity contribution in [1.29, 1.82) is 0 Å². The van der Waals surface area contributed by atoms with E-state index in [0.29, 0.717) is 11.4 Å². The molecular weight excluding hydrogens is 400 g/mol. The summed E-state index contributed by atoms with van der Waals surface area (Å²) in [5.41, 5.74) is 2.11. The van der Waals surface area contributed by atoms with Crippen molar-refractivity contribution in [3.05, 3.63) is 57.0 Å². The second kappa shape index (κ2) is 6.87. The van der Waals surface area contributed by atoms with Crippen LogP contribution in [0.2, 0.25) is 0 Å². The smallest absolute Gasteiger partial charge is 0.314 e. The van der Waals surface area contributed by atoms with E-state index in [1.165, 1.54) is 0 Å². The highest BCUT2D eigenvalue weighted by Crippen LogP contribution is 2.20. The molecule has 0 bridgehead atoms.